The molecule has 0 radical (unpaired) electrons. The summed E-state index contributed by atoms with van der Waals surface area (Å²) >= 11 is 0. The zero-order valence-electron chi connectivity index (χ0n) is 19.8. The number of amides is 1. The number of nitrogens with one attached hydrogen (secondary N) is 1. The molecule has 7 nitrogen and oxygen atoms in total. The number of nitrogens with zero attached hydrogens (tertiary/aromatic N) is 1. The zero-order chi connectivity index (χ0) is 24.6. The lowest BCUT2D eigenvalue weighted by atomic mass is 10.0. The first-order valence-corrected chi connectivity index (χ1v) is 13.2. The lowest BCUT2D eigenvalue weighted by Crippen LogP contribution is -2.30. The molecule has 2 aliphatic heterocycles. The van der Waals surface area contributed by atoms with E-state index in [0.29, 0.717) is 36.8 Å². The van der Waals surface area contributed by atoms with E-state index in [0.717, 1.165) is 35.3 Å². The van der Waals surface area contributed by atoms with Crippen molar-refractivity contribution in [3.8, 4) is 11.5 Å². The molecule has 1 fully saturated rings. The lowest BCUT2D eigenvalue weighted by molar-refractivity contribution is 0.0735. The monoisotopic (exact) mass is 492 g/mol. The van der Waals surface area contributed by atoms with E-state index in [9.17, 15) is 13.2 Å². The standard InChI is InChI=1S/C27H28N2O5S/c1-18-5-3-6-23(19(18)2)28-35(31,32)22-11-8-20(9-12-22)27(30)29-14-4-7-24(29)21-10-13-25-26(17-21)34-16-15-33-25/h3,5-6,8-13,17,24,28H,4,7,14-16H2,1-2H3/t24-/m1/s1. The van der Waals surface area contributed by atoms with Gasteiger partial charge >= 0.3 is 0 Å². The van der Waals surface area contributed by atoms with Gasteiger partial charge in [0, 0.05) is 12.1 Å². The van der Waals surface area contributed by atoms with Crippen LogP contribution in [-0.4, -0.2) is 39.0 Å². The van der Waals surface area contributed by atoms with Crippen molar-refractivity contribution in [2.45, 2.75) is 37.6 Å². The van der Waals surface area contributed by atoms with Gasteiger partial charge in [-0.05, 0) is 85.8 Å². The van der Waals surface area contributed by atoms with Crippen LogP contribution in [-0.2, 0) is 10.0 Å². The second-order valence-corrected chi connectivity index (χ2v) is 10.6. The summed E-state index contributed by atoms with van der Waals surface area (Å²) in [7, 11) is -3.78. The Hall–Kier alpha value is -3.52. The highest BCUT2D eigenvalue weighted by molar-refractivity contribution is 7.92. The van der Waals surface area contributed by atoms with Crippen molar-refractivity contribution in [1.82, 2.24) is 4.90 Å². The van der Waals surface area contributed by atoms with Gasteiger partial charge in [0.25, 0.3) is 15.9 Å². The molecule has 0 aromatic heterocycles. The Labute approximate surface area is 205 Å². The molecular weight excluding hydrogens is 464 g/mol. The maximum absolute atomic E-state index is 13.4. The van der Waals surface area contributed by atoms with Crippen LogP contribution in [0.25, 0.3) is 0 Å². The third-order valence-corrected chi connectivity index (χ3v) is 8.11. The number of carbonyl (C=O) groups is 1. The van der Waals surface area contributed by atoms with Gasteiger partial charge in [-0.2, -0.15) is 0 Å². The highest BCUT2D eigenvalue weighted by atomic mass is 32.2. The molecule has 35 heavy (non-hydrogen) atoms. The van der Waals surface area contributed by atoms with Crippen LogP contribution in [0.2, 0.25) is 0 Å². The molecule has 0 aliphatic carbocycles. The topological polar surface area (TPSA) is 84.9 Å². The Morgan fingerprint density at radius 1 is 0.971 bits per heavy atom. The second kappa shape index (κ2) is 9.26. The lowest BCUT2D eigenvalue weighted by Gasteiger charge is -2.27. The summed E-state index contributed by atoms with van der Waals surface area (Å²) in [6.07, 6.45) is 1.76. The summed E-state index contributed by atoms with van der Waals surface area (Å²) in [6.45, 7) is 5.50. The first-order valence-electron chi connectivity index (χ1n) is 11.7. The molecule has 2 aliphatic rings. The quantitative estimate of drug-likeness (QED) is 0.550. The Balaban J connectivity index is 1.34. The summed E-state index contributed by atoms with van der Waals surface area (Å²) in [6, 6.07) is 17.4. The average molecular weight is 493 g/mol. The summed E-state index contributed by atoms with van der Waals surface area (Å²) in [5.74, 6) is 1.31. The van der Waals surface area contributed by atoms with E-state index >= 15 is 0 Å². The number of benzene rings is 3. The van der Waals surface area contributed by atoms with E-state index in [1.165, 1.54) is 12.1 Å². The average Bonchev–Trinajstić information content (AvgIpc) is 3.36. The van der Waals surface area contributed by atoms with E-state index in [-0.39, 0.29) is 16.8 Å². The first kappa shape index (κ1) is 23.2. The van der Waals surface area contributed by atoms with Gasteiger partial charge in [0.05, 0.1) is 16.6 Å². The number of ether oxygens (including phenoxy) is 2. The molecule has 5 rings (SSSR count). The van der Waals surface area contributed by atoms with E-state index in [4.69, 9.17) is 9.47 Å². The fourth-order valence-corrected chi connectivity index (χ4v) is 5.75. The van der Waals surface area contributed by atoms with Gasteiger partial charge in [0.2, 0.25) is 0 Å². The van der Waals surface area contributed by atoms with Crippen molar-refractivity contribution in [2.75, 3.05) is 24.5 Å². The molecule has 2 heterocycles. The van der Waals surface area contributed by atoms with Crippen LogP contribution < -0.4 is 14.2 Å². The van der Waals surface area contributed by atoms with Crippen LogP contribution >= 0.6 is 0 Å². The van der Waals surface area contributed by atoms with Crippen LogP contribution in [0.4, 0.5) is 5.69 Å². The maximum Gasteiger partial charge on any atom is 0.261 e. The molecule has 8 heteroatoms. The summed E-state index contributed by atoms with van der Waals surface area (Å²) in [5, 5.41) is 0. The predicted molar refractivity (Wildman–Crippen MR) is 134 cm³/mol. The Morgan fingerprint density at radius 2 is 1.71 bits per heavy atom. The number of hydrogen-bond donors (Lipinski definition) is 1. The molecule has 3 aromatic rings. The third kappa shape index (κ3) is 4.58. The molecule has 0 unspecified atom stereocenters. The number of sulfonamides is 1. The number of likely N-dealkylation sites (tertiary alicyclic amines) is 1. The number of rotatable bonds is 5. The minimum absolute atomic E-state index is 0.0623. The summed E-state index contributed by atoms with van der Waals surface area (Å²) in [4.78, 5) is 15.3. The van der Waals surface area contributed by atoms with Gasteiger partial charge in [-0.3, -0.25) is 9.52 Å². The molecule has 182 valence electrons. The van der Waals surface area contributed by atoms with Gasteiger partial charge in [-0.25, -0.2) is 8.42 Å². The first-order chi connectivity index (χ1) is 16.8. The van der Waals surface area contributed by atoms with E-state index in [1.807, 2.05) is 49.1 Å². The Bertz CT molecular complexity index is 1370. The molecule has 1 amide bonds. The largest absolute Gasteiger partial charge is 0.486 e. The Morgan fingerprint density at radius 3 is 2.49 bits per heavy atom. The van der Waals surface area contributed by atoms with E-state index in [1.54, 1.807) is 18.2 Å². The molecule has 0 saturated carbocycles. The second-order valence-electron chi connectivity index (χ2n) is 8.94. The molecule has 0 bridgehead atoms. The molecule has 1 saturated heterocycles. The molecule has 1 atom stereocenters. The van der Waals surface area contributed by atoms with Crippen LogP contribution in [0.3, 0.4) is 0 Å². The van der Waals surface area contributed by atoms with Crippen molar-refractivity contribution in [3.05, 3.63) is 82.9 Å². The minimum atomic E-state index is -3.78. The number of aryl methyl sites for hydroxylation is 1. The minimum Gasteiger partial charge on any atom is -0.486 e. The molecule has 1 N–H and O–H groups in total. The smallest absolute Gasteiger partial charge is 0.261 e. The zero-order valence-corrected chi connectivity index (χ0v) is 20.6. The third-order valence-electron chi connectivity index (χ3n) is 6.73. The molecule has 0 spiro atoms. The summed E-state index contributed by atoms with van der Waals surface area (Å²) in [5.41, 5.74) is 3.90. The predicted octanol–water partition coefficient (Wildman–Crippen LogP) is 4.85. The van der Waals surface area contributed by atoms with Crippen molar-refractivity contribution in [1.29, 1.82) is 0 Å². The van der Waals surface area contributed by atoms with E-state index < -0.39 is 10.0 Å². The normalized spacial score (nSPS) is 17.3. The number of hydrogen-bond acceptors (Lipinski definition) is 5. The van der Waals surface area contributed by atoms with Gasteiger partial charge < -0.3 is 14.4 Å². The van der Waals surface area contributed by atoms with Gasteiger partial charge in [0.1, 0.15) is 13.2 Å². The number of carbonyl (C=O) groups excluding carboxylic acids is 1. The molecule has 3 aromatic carbocycles. The van der Waals surface area contributed by atoms with Crippen molar-refractivity contribution >= 4 is 21.6 Å². The van der Waals surface area contributed by atoms with Crippen LogP contribution in [0.15, 0.2) is 65.6 Å². The van der Waals surface area contributed by atoms with Crippen molar-refractivity contribution in [2.24, 2.45) is 0 Å². The molecular formula is C27H28N2O5S. The van der Waals surface area contributed by atoms with E-state index in [2.05, 4.69) is 4.72 Å². The summed E-state index contributed by atoms with van der Waals surface area (Å²) < 4.78 is 39.8. The number of anilines is 1. The van der Waals surface area contributed by atoms with Crippen LogP contribution in [0.5, 0.6) is 11.5 Å². The fraction of sp³-hybridized carbons (Fsp3) is 0.296. The van der Waals surface area contributed by atoms with Crippen molar-refractivity contribution in [3.63, 3.8) is 0 Å². The van der Waals surface area contributed by atoms with Gasteiger partial charge in [0.15, 0.2) is 11.5 Å². The van der Waals surface area contributed by atoms with Gasteiger partial charge in [-0.15, -0.1) is 0 Å². The van der Waals surface area contributed by atoms with Crippen LogP contribution in [0.1, 0.15) is 45.9 Å². The highest BCUT2D eigenvalue weighted by Gasteiger charge is 2.31. The van der Waals surface area contributed by atoms with Gasteiger partial charge in [-0.1, -0.05) is 18.2 Å². The highest BCUT2D eigenvalue weighted by Crippen LogP contribution is 2.38. The van der Waals surface area contributed by atoms with Crippen LogP contribution in [0, 0.1) is 13.8 Å². The fourth-order valence-electron chi connectivity index (χ4n) is 4.63. The maximum atomic E-state index is 13.4. The SMILES string of the molecule is Cc1cccc(NS(=O)(=O)c2ccc(C(=O)N3CCC[C@@H]3c3ccc4c(c3)OCCO4)cc2)c1C. The van der Waals surface area contributed by atoms with Crippen molar-refractivity contribution < 1.29 is 22.7 Å². The number of fused-ring (bicyclic) bond motifs is 1. The Kier molecular flexibility index (Phi) is 6.15.